The van der Waals surface area contributed by atoms with Crippen LogP contribution in [0.15, 0.2) is 6.07 Å². The molecule has 1 fully saturated rings. The van der Waals surface area contributed by atoms with Crippen molar-refractivity contribution in [2.45, 2.75) is 45.4 Å². The van der Waals surface area contributed by atoms with Gasteiger partial charge in [0.2, 0.25) is 5.91 Å². The Morgan fingerprint density at radius 3 is 2.70 bits per heavy atom. The predicted molar refractivity (Wildman–Crippen MR) is 70.1 cm³/mol. The van der Waals surface area contributed by atoms with E-state index in [1.54, 1.807) is 4.68 Å². The van der Waals surface area contributed by atoms with E-state index >= 15 is 0 Å². The molecular weight excluding hydrogens is 262 g/mol. The largest absolute Gasteiger partial charge is 0.480 e. The maximum atomic E-state index is 12.1. The van der Waals surface area contributed by atoms with Crippen LogP contribution in [0.3, 0.4) is 0 Å². The number of β-amino-alcohol motifs (C(OH)–C–C–N with tert-alkyl or cyclic N) is 1. The number of nitrogens with zero attached hydrogens (tertiary/aromatic N) is 3. The molecule has 2 rings (SSSR count). The summed E-state index contributed by atoms with van der Waals surface area (Å²) >= 11 is 0. The van der Waals surface area contributed by atoms with Crippen molar-refractivity contribution >= 4 is 11.9 Å². The fraction of sp³-hybridized carbons (Fsp3) is 0.615. The van der Waals surface area contributed by atoms with Gasteiger partial charge in [-0.1, -0.05) is 0 Å². The van der Waals surface area contributed by atoms with Gasteiger partial charge in [-0.15, -0.1) is 0 Å². The summed E-state index contributed by atoms with van der Waals surface area (Å²) in [6.07, 6.45) is -0.479. The van der Waals surface area contributed by atoms with Crippen LogP contribution in [0.2, 0.25) is 0 Å². The van der Waals surface area contributed by atoms with Crippen LogP contribution in [-0.4, -0.2) is 55.5 Å². The monoisotopic (exact) mass is 281 g/mol. The average molecular weight is 281 g/mol. The van der Waals surface area contributed by atoms with Crippen molar-refractivity contribution in [2.24, 2.45) is 0 Å². The van der Waals surface area contributed by atoms with Crippen LogP contribution in [0.25, 0.3) is 0 Å². The van der Waals surface area contributed by atoms with Crippen LogP contribution < -0.4 is 0 Å². The van der Waals surface area contributed by atoms with Gasteiger partial charge in [-0.2, -0.15) is 5.10 Å². The number of aliphatic hydroxyl groups excluding tert-OH is 1. The van der Waals surface area contributed by atoms with Gasteiger partial charge in [0.05, 0.1) is 11.8 Å². The zero-order valence-corrected chi connectivity index (χ0v) is 11.6. The van der Waals surface area contributed by atoms with E-state index in [-0.39, 0.29) is 25.3 Å². The molecule has 110 valence electrons. The summed E-state index contributed by atoms with van der Waals surface area (Å²) in [6.45, 7) is 4.29. The number of amides is 1. The van der Waals surface area contributed by atoms with Gasteiger partial charge in [-0.05, 0) is 19.9 Å². The van der Waals surface area contributed by atoms with Gasteiger partial charge >= 0.3 is 5.97 Å². The topological polar surface area (TPSA) is 95.7 Å². The van der Waals surface area contributed by atoms with Gasteiger partial charge in [0.1, 0.15) is 6.04 Å². The van der Waals surface area contributed by atoms with E-state index in [9.17, 15) is 14.7 Å². The quantitative estimate of drug-likeness (QED) is 0.806. The lowest BCUT2D eigenvalue weighted by Gasteiger charge is -2.21. The molecule has 0 spiro atoms. The molecule has 20 heavy (non-hydrogen) atoms. The number of hydrogen-bond acceptors (Lipinski definition) is 4. The van der Waals surface area contributed by atoms with Crippen molar-refractivity contribution in [3.63, 3.8) is 0 Å². The number of rotatable bonds is 4. The smallest absolute Gasteiger partial charge is 0.326 e. The van der Waals surface area contributed by atoms with Crippen LogP contribution in [0, 0.1) is 13.8 Å². The van der Waals surface area contributed by atoms with E-state index in [4.69, 9.17) is 5.11 Å². The number of carbonyl (C=O) groups is 2. The molecule has 7 heteroatoms. The Kier molecular flexibility index (Phi) is 4.08. The Hall–Kier alpha value is -1.89. The minimum absolute atomic E-state index is 0.0902. The summed E-state index contributed by atoms with van der Waals surface area (Å²) < 4.78 is 1.73. The van der Waals surface area contributed by atoms with Crippen molar-refractivity contribution in [2.75, 3.05) is 6.54 Å². The zero-order chi connectivity index (χ0) is 14.9. The number of carbonyl (C=O) groups excluding carboxylic acids is 1. The van der Waals surface area contributed by atoms with E-state index in [1.165, 1.54) is 4.90 Å². The molecule has 1 amide bonds. The molecule has 1 aromatic heterocycles. The van der Waals surface area contributed by atoms with Gasteiger partial charge in [0, 0.05) is 31.6 Å². The number of aromatic nitrogens is 2. The second kappa shape index (κ2) is 5.62. The molecule has 0 bridgehead atoms. The maximum absolute atomic E-state index is 12.1. The highest BCUT2D eigenvalue weighted by atomic mass is 16.4. The molecule has 2 atom stereocenters. The first-order chi connectivity index (χ1) is 9.38. The van der Waals surface area contributed by atoms with E-state index < -0.39 is 18.1 Å². The molecule has 0 aromatic carbocycles. The third-order valence-electron chi connectivity index (χ3n) is 3.53. The Bertz CT molecular complexity index is 526. The standard InChI is InChI=1S/C13H19N3O4/c1-8-5-9(2)16(14-8)4-3-12(18)15-7-10(17)6-11(15)13(19)20/h5,10-11,17H,3-4,6-7H2,1-2H3,(H,19,20)/t10-,11-/m1/s1. The lowest BCUT2D eigenvalue weighted by atomic mass is 10.2. The fourth-order valence-corrected chi connectivity index (χ4v) is 2.57. The normalized spacial score (nSPS) is 22.2. The van der Waals surface area contributed by atoms with Gasteiger partial charge < -0.3 is 15.1 Å². The first-order valence-electron chi connectivity index (χ1n) is 6.60. The second-order valence-corrected chi connectivity index (χ2v) is 5.19. The van der Waals surface area contributed by atoms with E-state index in [1.807, 2.05) is 19.9 Å². The molecule has 0 saturated carbocycles. The number of aryl methyl sites for hydroxylation is 3. The SMILES string of the molecule is Cc1cc(C)n(CCC(=O)N2C[C@H](O)C[C@@H]2C(=O)O)n1. The van der Waals surface area contributed by atoms with Gasteiger partial charge in [0.25, 0.3) is 0 Å². The average Bonchev–Trinajstić information content (AvgIpc) is 2.89. The molecule has 2 N–H and O–H groups in total. The van der Waals surface area contributed by atoms with Gasteiger partial charge in [-0.25, -0.2) is 4.79 Å². The second-order valence-electron chi connectivity index (χ2n) is 5.19. The van der Waals surface area contributed by atoms with Crippen molar-refractivity contribution in [3.05, 3.63) is 17.5 Å². The van der Waals surface area contributed by atoms with Crippen molar-refractivity contribution in [3.8, 4) is 0 Å². The molecule has 1 aliphatic rings. The van der Waals surface area contributed by atoms with Gasteiger partial charge in [0.15, 0.2) is 0 Å². The Morgan fingerprint density at radius 1 is 1.45 bits per heavy atom. The first-order valence-corrected chi connectivity index (χ1v) is 6.60. The van der Waals surface area contributed by atoms with E-state index in [0.29, 0.717) is 6.54 Å². The van der Waals surface area contributed by atoms with Crippen molar-refractivity contribution in [1.82, 2.24) is 14.7 Å². The number of carboxylic acid groups (broad SMARTS) is 1. The van der Waals surface area contributed by atoms with Crippen LogP contribution in [0.1, 0.15) is 24.2 Å². The van der Waals surface area contributed by atoms with Crippen molar-refractivity contribution in [1.29, 1.82) is 0 Å². The van der Waals surface area contributed by atoms with E-state index in [2.05, 4.69) is 5.10 Å². The van der Waals surface area contributed by atoms with Crippen LogP contribution >= 0.6 is 0 Å². The summed E-state index contributed by atoms with van der Waals surface area (Å²) in [5.74, 6) is -1.33. The minimum atomic E-state index is -1.07. The van der Waals surface area contributed by atoms with Crippen LogP contribution in [0.4, 0.5) is 0 Å². The Balaban J connectivity index is 1.97. The number of hydrogen-bond donors (Lipinski definition) is 2. The molecule has 0 unspecified atom stereocenters. The van der Waals surface area contributed by atoms with Crippen LogP contribution in [-0.2, 0) is 16.1 Å². The maximum Gasteiger partial charge on any atom is 0.326 e. The highest BCUT2D eigenvalue weighted by Gasteiger charge is 2.38. The summed E-state index contributed by atoms with van der Waals surface area (Å²) in [6, 6.07) is 1.00. The number of aliphatic hydroxyl groups is 1. The summed E-state index contributed by atoms with van der Waals surface area (Å²) in [5.41, 5.74) is 1.85. The summed E-state index contributed by atoms with van der Waals surface area (Å²) in [5, 5.41) is 22.8. The van der Waals surface area contributed by atoms with Gasteiger partial charge in [-0.3, -0.25) is 9.48 Å². The molecule has 1 saturated heterocycles. The number of carboxylic acids is 1. The lowest BCUT2D eigenvalue weighted by molar-refractivity contribution is -0.148. The lowest BCUT2D eigenvalue weighted by Crippen LogP contribution is -2.40. The Morgan fingerprint density at radius 2 is 2.15 bits per heavy atom. The molecule has 7 nitrogen and oxygen atoms in total. The first kappa shape index (κ1) is 14.5. The van der Waals surface area contributed by atoms with Crippen molar-refractivity contribution < 1.29 is 19.8 Å². The highest BCUT2D eigenvalue weighted by Crippen LogP contribution is 2.19. The van der Waals surface area contributed by atoms with E-state index in [0.717, 1.165) is 11.4 Å². The minimum Gasteiger partial charge on any atom is -0.480 e. The summed E-state index contributed by atoms with van der Waals surface area (Å²) in [4.78, 5) is 24.4. The number of aliphatic carboxylic acids is 1. The molecular formula is C13H19N3O4. The third-order valence-corrected chi connectivity index (χ3v) is 3.53. The third kappa shape index (κ3) is 2.98. The fourth-order valence-electron chi connectivity index (χ4n) is 2.57. The molecule has 0 aliphatic carbocycles. The predicted octanol–water partition coefficient (Wildman–Crippen LogP) is -0.0636. The molecule has 2 heterocycles. The van der Waals surface area contributed by atoms with Crippen LogP contribution in [0.5, 0.6) is 0 Å². The highest BCUT2D eigenvalue weighted by molar-refractivity contribution is 5.84. The Labute approximate surface area is 116 Å². The molecule has 1 aliphatic heterocycles. The summed E-state index contributed by atoms with van der Waals surface area (Å²) in [7, 11) is 0. The molecule has 1 aromatic rings. The number of likely N-dealkylation sites (tertiary alicyclic amines) is 1. The zero-order valence-electron chi connectivity index (χ0n) is 11.6. The molecule has 0 radical (unpaired) electrons.